The van der Waals surface area contributed by atoms with E-state index in [0.29, 0.717) is 5.41 Å². The molecule has 0 unspecified atom stereocenters. The Hall–Kier alpha value is -1.36. The van der Waals surface area contributed by atoms with Gasteiger partial charge < -0.3 is 10.2 Å². The maximum Gasteiger partial charge on any atom is 0.254 e. The van der Waals surface area contributed by atoms with Gasteiger partial charge in [-0.2, -0.15) is 0 Å². The summed E-state index contributed by atoms with van der Waals surface area (Å²) in [7, 11) is 0. The monoisotopic (exact) mass is 409 g/mol. The number of para-hydroxylation sites is 1. The number of aryl methyl sites for hydroxylation is 2. The van der Waals surface area contributed by atoms with E-state index in [1.807, 2.05) is 25.1 Å². The molecule has 2 saturated heterocycles. The van der Waals surface area contributed by atoms with Crippen LogP contribution in [0.25, 0.3) is 10.9 Å². The number of nitrogens with zero attached hydrogens (tertiary/aromatic N) is 2. The molecule has 0 aliphatic carbocycles. The minimum absolute atomic E-state index is 0. The van der Waals surface area contributed by atoms with Crippen LogP contribution in [0.4, 0.5) is 0 Å². The standard InChI is InChI=1S/C21H27N3O.2ClH/c1-15-4-3-5-17-18(14-16(2)23-19(15)17)20(25)24-12-8-21(9-13-24)6-10-22-11-7-21;;/h3-5,14,22H,6-13H2,1-2H3;2*1H. The molecule has 148 valence electrons. The van der Waals surface area contributed by atoms with E-state index in [1.165, 1.54) is 12.8 Å². The average Bonchev–Trinajstić information content (AvgIpc) is 2.63. The van der Waals surface area contributed by atoms with Crippen molar-refractivity contribution in [3.8, 4) is 0 Å². The van der Waals surface area contributed by atoms with E-state index in [4.69, 9.17) is 0 Å². The number of carbonyl (C=O) groups excluding carboxylic acids is 1. The first kappa shape index (κ1) is 21.9. The van der Waals surface area contributed by atoms with Gasteiger partial charge in [0.05, 0.1) is 11.1 Å². The summed E-state index contributed by atoms with van der Waals surface area (Å²) in [5, 5.41) is 4.44. The van der Waals surface area contributed by atoms with Crippen LogP contribution in [0.3, 0.4) is 0 Å². The number of fused-ring (bicyclic) bond motifs is 1. The van der Waals surface area contributed by atoms with Gasteiger partial charge in [-0.25, -0.2) is 0 Å². The SMILES string of the molecule is Cc1cc(C(=O)N2CCC3(CCNCC3)CC2)c2cccc(C)c2n1.Cl.Cl. The third kappa shape index (κ3) is 4.23. The van der Waals surface area contributed by atoms with Crippen molar-refractivity contribution in [3.63, 3.8) is 0 Å². The summed E-state index contributed by atoms with van der Waals surface area (Å²) < 4.78 is 0. The molecular formula is C21H29Cl2N3O. The fraction of sp³-hybridized carbons (Fsp3) is 0.524. The third-order valence-corrected chi connectivity index (χ3v) is 6.18. The minimum atomic E-state index is 0. The van der Waals surface area contributed by atoms with Crippen molar-refractivity contribution in [2.24, 2.45) is 5.41 Å². The summed E-state index contributed by atoms with van der Waals surface area (Å²) in [5.41, 5.74) is 4.28. The van der Waals surface area contributed by atoms with Crippen LogP contribution in [0.15, 0.2) is 24.3 Å². The van der Waals surface area contributed by atoms with Crippen molar-refractivity contribution in [3.05, 3.63) is 41.1 Å². The quantitative estimate of drug-likeness (QED) is 0.763. The summed E-state index contributed by atoms with van der Waals surface area (Å²) in [6.45, 7) is 8.05. The van der Waals surface area contributed by atoms with E-state index in [1.54, 1.807) is 0 Å². The highest BCUT2D eigenvalue weighted by Crippen LogP contribution is 2.40. The lowest BCUT2D eigenvalue weighted by Crippen LogP contribution is -2.47. The molecule has 2 aliphatic heterocycles. The van der Waals surface area contributed by atoms with E-state index >= 15 is 0 Å². The Bertz CT molecular complexity index is 808. The Kier molecular flexibility index (Phi) is 7.12. The zero-order valence-electron chi connectivity index (χ0n) is 16.1. The number of aromatic nitrogens is 1. The van der Waals surface area contributed by atoms with Crippen molar-refractivity contribution in [2.75, 3.05) is 26.2 Å². The number of likely N-dealkylation sites (tertiary alicyclic amines) is 1. The van der Waals surface area contributed by atoms with Crippen molar-refractivity contribution in [1.82, 2.24) is 15.2 Å². The van der Waals surface area contributed by atoms with Crippen LogP contribution < -0.4 is 5.32 Å². The first-order valence-corrected chi connectivity index (χ1v) is 9.45. The van der Waals surface area contributed by atoms with Crippen LogP contribution in [0.1, 0.15) is 47.3 Å². The third-order valence-electron chi connectivity index (χ3n) is 6.18. The number of carbonyl (C=O) groups is 1. The molecule has 1 aromatic heterocycles. The molecule has 4 rings (SSSR count). The first-order chi connectivity index (χ1) is 12.1. The molecule has 1 aromatic carbocycles. The summed E-state index contributed by atoms with van der Waals surface area (Å²) in [5.74, 6) is 0.171. The number of halogens is 2. The van der Waals surface area contributed by atoms with Crippen molar-refractivity contribution >= 4 is 41.6 Å². The molecular weight excluding hydrogens is 381 g/mol. The maximum absolute atomic E-state index is 13.2. The maximum atomic E-state index is 13.2. The van der Waals surface area contributed by atoms with Gasteiger partial charge in [0.1, 0.15) is 0 Å². The summed E-state index contributed by atoms with van der Waals surface area (Å²) in [4.78, 5) is 19.9. The van der Waals surface area contributed by atoms with E-state index in [0.717, 1.165) is 66.7 Å². The lowest BCUT2D eigenvalue weighted by molar-refractivity contribution is 0.0497. The smallest absolute Gasteiger partial charge is 0.254 e. The van der Waals surface area contributed by atoms with E-state index < -0.39 is 0 Å². The highest BCUT2D eigenvalue weighted by atomic mass is 35.5. The van der Waals surface area contributed by atoms with E-state index in [9.17, 15) is 4.79 Å². The topological polar surface area (TPSA) is 45.2 Å². The Morgan fingerprint density at radius 2 is 1.74 bits per heavy atom. The molecule has 1 amide bonds. The molecule has 0 saturated carbocycles. The van der Waals surface area contributed by atoms with Gasteiger partial charge in [-0.3, -0.25) is 9.78 Å². The molecule has 2 fully saturated rings. The van der Waals surface area contributed by atoms with Gasteiger partial charge in [0, 0.05) is 24.2 Å². The fourth-order valence-electron chi connectivity index (χ4n) is 4.51. The molecule has 0 radical (unpaired) electrons. The van der Waals surface area contributed by atoms with Gasteiger partial charge in [0.15, 0.2) is 0 Å². The molecule has 4 nitrogen and oxygen atoms in total. The highest BCUT2D eigenvalue weighted by molar-refractivity contribution is 6.06. The second-order valence-corrected chi connectivity index (χ2v) is 7.82. The lowest BCUT2D eigenvalue weighted by atomic mass is 9.71. The Morgan fingerprint density at radius 3 is 2.41 bits per heavy atom. The Balaban J connectivity index is 0.00000131. The number of piperidine rings is 2. The molecule has 2 aromatic rings. The Morgan fingerprint density at radius 1 is 1.07 bits per heavy atom. The fourth-order valence-corrected chi connectivity index (χ4v) is 4.51. The van der Waals surface area contributed by atoms with Gasteiger partial charge >= 0.3 is 0 Å². The molecule has 0 bridgehead atoms. The zero-order chi connectivity index (χ0) is 17.4. The lowest BCUT2D eigenvalue weighted by Gasteiger charge is -2.44. The van der Waals surface area contributed by atoms with Crippen molar-refractivity contribution < 1.29 is 4.79 Å². The van der Waals surface area contributed by atoms with Crippen LogP contribution in [-0.2, 0) is 0 Å². The molecule has 2 aliphatic rings. The van der Waals surface area contributed by atoms with Crippen molar-refractivity contribution in [1.29, 1.82) is 0 Å². The van der Waals surface area contributed by atoms with Crippen molar-refractivity contribution in [2.45, 2.75) is 39.5 Å². The average molecular weight is 410 g/mol. The number of benzene rings is 1. The molecule has 6 heteroatoms. The van der Waals surface area contributed by atoms with Crippen LogP contribution in [0.5, 0.6) is 0 Å². The van der Waals surface area contributed by atoms with Gasteiger partial charge in [-0.05, 0) is 69.7 Å². The predicted octanol–water partition coefficient (Wildman–Crippen LogP) is 4.30. The summed E-state index contributed by atoms with van der Waals surface area (Å²) in [6, 6.07) is 8.07. The molecule has 1 spiro atoms. The minimum Gasteiger partial charge on any atom is -0.339 e. The second kappa shape index (κ2) is 8.76. The molecule has 27 heavy (non-hydrogen) atoms. The number of rotatable bonds is 1. The first-order valence-electron chi connectivity index (χ1n) is 9.45. The highest BCUT2D eigenvalue weighted by Gasteiger charge is 2.37. The van der Waals surface area contributed by atoms with Crippen LogP contribution in [0, 0.1) is 19.3 Å². The van der Waals surface area contributed by atoms with Gasteiger partial charge in [0.2, 0.25) is 0 Å². The molecule has 0 atom stereocenters. The van der Waals surface area contributed by atoms with Crippen LogP contribution in [0.2, 0.25) is 0 Å². The predicted molar refractivity (Wildman–Crippen MR) is 115 cm³/mol. The van der Waals surface area contributed by atoms with Crippen LogP contribution >= 0.6 is 24.8 Å². The summed E-state index contributed by atoms with van der Waals surface area (Å²) in [6.07, 6.45) is 4.79. The zero-order valence-corrected chi connectivity index (χ0v) is 17.7. The number of nitrogens with one attached hydrogen (secondary N) is 1. The van der Waals surface area contributed by atoms with Gasteiger partial charge in [-0.1, -0.05) is 18.2 Å². The Labute approximate surface area is 173 Å². The number of hydrogen-bond donors (Lipinski definition) is 1. The number of hydrogen-bond acceptors (Lipinski definition) is 3. The summed E-state index contributed by atoms with van der Waals surface area (Å²) >= 11 is 0. The van der Waals surface area contributed by atoms with E-state index in [2.05, 4.69) is 28.2 Å². The van der Waals surface area contributed by atoms with Gasteiger partial charge in [0.25, 0.3) is 5.91 Å². The number of amides is 1. The normalized spacial score (nSPS) is 18.7. The van der Waals surface area contributed by atoms with Gasteiger partial charge in [-0.15, -0.1) is 24.8 Å². The molecule has 3 heterocycles. The molecule has 1 N–H and O–H groups in total. The van der Waals surface area contributed by atoms with E-state index in [-0.39, 0.29) is 30.7 Å². The van der Waals surface area contributed by atoms with Crippen LogP contribution in [-0.4, -0.2) is 42.0 Å². The second-order valence-electron chi connectivity index (χ2n) is 7.82. The number of pyridine rings is 1. The largest absolute Gasteiger partial charge is 0.339 e.